The van der Waals surface area contributed by atoms with Crippen LogP contribution in [-0.2, 0) is 9.47 Å². The van der Waals surface area contributed by atoms with Crippen molar-refractivity contribution in [3.05, 3.63) is 305 Å². The molecule has 1 unspecified atom stereocenters. The van der Waals surface area contributed by atoms with Gasteiger partial charge in [0.2, 0.25) is 0 Å². The minimum absolute atomic E-state index is 0.0196. The lowest BCUT2D eigenvalue weighted by Crippen LogP contribution is -2.40. The molecule has 3 aliphatic heterocycles. The fraction of sp³-hybridized carbons (Fsp3) is 0.520. The molecule has 0 spiro atoms. The maximum atomic E-state index is 5.17. The van der Waals surface area contributed by atoms with E-state index in [4.69, 9.17) is 9.47 Å². The lowest BCUT2D eigenvalue weighted by atomic mass is 9.55. The van der Waals surface area contributed by atoms with Crippen LogP contribution in [0.3, 0.4) is 0 Å². The van der Waals surface area contributed by atoms with E-state index in [0.29, 0.717) is 5.92 Å². The highest BCUT2D eigenvalue weighted by molar-refractivity contribution is 8.17. The Balaban J connectivity index is 0.000000232. The monoisotopic (exact) mass is 1980 g/mol. The van der Waals surface area contributed by atoms with E-state index in [1.54, 1.807) is 16.9 Å². The second-order valence-corrected chi connectivity index (χ2v) is 48.5. The van der Waals surface area contributed by atoms with E-state index in [0.717, 1.165) is 127 Å². The highest BCUT2D eigenvalue weighted by atomic mass is 32.2. The third-order valence-corrected chi connectivity index (χ3v) is 31.5. The lowest BCUT2D eigenvalue weighted by molar-refractivity contribution is -0.187. The Morgan fingerprint density at radius 3 is 1.06 bits per heavy atom. The maximum absolute atomic E-state index is 5.17. The van der Waals surface area contributed by atoms with E-state index < -0.39 is 0 Å². The third kappa shape index (κ3) is 52.3. The molecule has 7 aromatic carbocycles. The number of rotatable bonds is 0. The zero-order valence-corrected chi connectivity index (χ0v) is 96.3. The van der Waals surface area contributed by atoms with Gasteiger partial charge in [-0.25, -0.2) is 9.97 Å². The van der Waals surface area contributed by atoms with Crippen LogP contribution in [0.25, 0.3) is 43.2 Å². The van der Waals surface area contributed by atoms with Gasteiger partial charge in [0, 0.05) is 81.8 Å². The van der Waals surface area contributed by atoms with Crippen molar-refractivity contribution < 1.29 is 9.47 Å². The summed E-state index contributed by atoms with van der Waals surface area (Å²) in [5.74, 6) is 10.2. The molecule has 141 heavy (non-hydrogen) atoms. The molecule has 5 saturated carbocycles. The number of ether oxygens (including phenoxy) is 2. The number of benzene rings is 7. The van der Waals surface area contributed by atoms with Crippen LogP contribution in [-0.4, -0.2) is 114 Å². The van der Waals surface area contributed by atoms with Gasteiger partial charge in [-0.1, -0.05) is 266 Å². The highest BCUT2D eigenvalue weighted by Gasteiger charge is 2.43. The number of allylic oxidation sites excluding steroid dienone is 2. The van der Waals surface area contributed by atoms with Crippen LogP contribution in [0.2, 0.25) is 0 Å². The van der Waals surface area contributed by atoms with E-state index in [2.05, 4.69) is 377 Å². The van der Waals surface area contributed by atoms with Crippen molar-refractivity contribution in [2.75, 3.05) is 57.9 Å². The van der Waals surface area contributed by atoms with E-state index in [1.165, 1.54) is 213 Å². The molecule has 0 amide bonds. The van der Waals surface area contributed by atoms with E-state index >= 15 is 0 Å². The smallest absolute Gasteiger partial charge is 0.154 e. The molecular weight excluding hydrogens is 1800 g/mol. The van der Waals surface area contributed by atoms with Crippen molar-refractivity contribution in [1.29, 1.82) is 0 Å². The normalized spacial score (nSPS) is 21.5. The molecule has 2 bridgehead atoms. The highest BCUT2D eigenvalue weighted by Crippen LogP contribution is 2.56. The molecule has 22 rings (SSSR count). The summed E-state index contributed by atoms with van der Waals surface area (Å²) in [7, 11) is 2.15. The number of nitrogens with zero attached hydrogens (tertiary/aromatic N) is 9. The van der Waals surface area contributed by atoms with Crippen LogP contribution in [0, 0.1) is 177 Å². The maximum Gasteiger partial charge on any atom is 0.154 e. The van der Waals surface area contributed by atoms with Gasteiger partial charge in [-0.15, -0.1) is 56.4 Å². The Hall–Kier alpha value is -8.42. The molecule has 9 heterocycles. The van der Waals surface area contributed by atoms with Gasteiger partial charge in [0.05, 0.1) is 30.1 Å². The first kappa shape index (κ1) is 121. The van der Waals surface area contributed by atoms with Gasteiger partial charge in [0.25, 0.3) is 0 Å². The summed E-state index contributed by atoms with van der Waals surface area (Å²) in [4.78, 5) is 21.6. The van der Waals surface area contributed by atoms with Crippen LogP contribution in [0.1, 0.15) is 278 Å². The second-order valence-electron chi connectivity index (χ2n) is 42.6. The number of aryl methyl sites for hydroxylation is 18. The van der Waals surface area contributed by atoms with Gasteiger partial charge in [0.15, 0.2) is 6.29 Å². The van der Waals surface area contributed by atoms with Crippen LogP contribution >= 0.6 is 46.2 Å². The number of aromatic nitrogens is 8. The molecule has 16 heteroatoms. The molecular formula is C125H182N10O2S4. The first-order valence-corrected chi connectivity index (χ1v) is 56.1. The molecule has 1 atom stereocenters. The van der Waals surface area contributed by atoms with Crippen molar-refractivity contribution in [1.82, 2.24) is 50.5 Å². The number of thiophene rings is 1. The average molecular weight is 1990 g/mol. The fourth-order valence-electron chi connectivity index (χ4n) is 16.8. The first-order valence-electron chi connectivity index (χ1n) is 52.4. The molecule has 13 aromatic rings. The van der Waals surface area contributed by atoms with Gasteiger partial charge >= 0.3 is 0 Å². The van der Waals surface area contributed by atoms with Crippen molar-refractivity contribution in [2.24, 2.45) is 52.3 Å². The molecule has 12 nitrogen and oxygen atoms in total. The molecule has 6 aliphatic carbocycles. The number of pyridine rings is 2. The Morgan fingerprint density at radius 1 is 0.348 bits per heavy atom. The minimum Gasteiger partial charge on any atom is -0.353 e. The van der Waals surface area contributed by atoms with Crippen LogP contribution < -0.4 is 5.32 Å². The largest absolute Gasteiger partial charge is 0.353 e. The van der Waals surface area contributed by atoms with Gasteiger partial charge in [-0.05, 0) is 373 Å². The number of hydrogen-bond donors (Lipinski definition) is 1. The molecule has 3 saturated heterocycles. The molecule has 8 fully saturated rings. The van der Waals surface area contributed by atoms with E-state index in [1.807, 2.05) is 123 Å². The summed E-state index contributed by atoms with van der Waals surface area (Å²) in [6.45, 7) is 70.7. The topological polar surface area (TPSA) is 137 Å². The van der Waals surface area contributed by atoms with Crippen molar-refractivity contribution in [2.45, 2.75) is 315 Å². The summed E-state index contributed by atoms with van der Waals surface area (Å²) in [5.41, 5.74) is 19.8. The Bertz CT molecular complexity index is 4960. The molecule has 1 N–H and O–H groups in total. The number of thioether (sulfide) groups is 2. The van der Waals surface area contributed by atoms with E-state index in [9.17, 15) is 0 Å². The third-order valence-electron chi connectivity index (χ3n) is 26.5. The summed E-state index contributed by atoms with van der Waals surface area (Å²) < 4.78 is 11.2. The Labute approximate surface area is 872 Å². The number of piperazine rings is 1. The van der Waals surface area contributed by atoms with Crippen LogP contribution in [0.5, 0.6) is 0 Å². The molecule has 0 radical (unpaired) electrons. The van der Waals surface area contributed by atoms with Crippen LogP contribution in [0.15, 0.2) is 206 Å². The van der Waals surface area contributed by atoms with Crippen molar-refractivity contribution >= 4 is 89.4 Å². The second kappa shape index (κ2) is 65.1. The average Bonchev–Trinajstić information content (AvgIpc) is 1.19. The van der Waals surface area contributed by atoms with Crippen molar-refractivity contribution in [3.8, 4) is 0 Å². The number of likely N-dealkylation sites (N-methyl/N-ethyl adjacent to an activating group) is 1. The predicted molar refractivity (Wildman–Crippen MR) is 621 cm³/mol. The summed E-state index contributed by atoms with van der Waals surface area (Å²) >= 11 is 7.64. The summed E-state index contributed by atoms with van der Waals surface area (Å²) in [6.07, 6.45) is 29.8. The molecule has 768 valence electrons. The van der Waals surface area contributed by atoms with E-state index in [-0.39, 0.29) is 6.29 Å². The minimum atomic E-state index is 0.0196. The first-order chi connectivity index (χ1) is 66.9. The predicted octanol–water partition coefficient (Wildman–Crippen LogP) is 34.6. The summed E-state index contributed by atoms with van der Waals surface area (Å²) in [5, 5.41) is 29.8. The molecule has 6 aromatic heterocycles. The van der Waals surface area contributed by atoms with Gasteiger partial charge in [0.1, 0.15) is 15.8 Å². The Morgan fingerprint density at radius 2 is 0.730 bits per heavy atom. The van der Waals surface area contributed by atoms with Gasteiger partial charge < -0.3 is 19.7 Å². The number of nitrogens with one attached hydrogen (secondary N) is 1. The standard InChI is InChI=1S/C16H14.C12H12.C11H11N.C10H18.C8H16.C8H14.C8H10.C7H9N.2C6H8N2.C6H12O2.C6H12S2.C6H8S.C6H12.C5H12N2.C4H6N2S/c1-11-3-7-15-13(9-11)5-6-14-10-12(2)4-8-16(14)15;1-9-3-5-12-8-10(2)4-6-11(12)7-9;1-8-3-6-11-10(7-8)5-4-9(2)12-11;1-9-3-6-10(2,7-4-9)8-5-9;3*1-7-3-5-8(2)6-4-7;1-6-3-4-7(2)8-5-6;1-5-3-7-6(2)8-4-5;1-5-3-4-6(2)8-7-5;2*1-5-3-7-6(2)8-4-5;1-5-3-4-6(2)7-5;1-5-3-6(2)4-5;1-7-4-2-6-3-5-7;1-3-5-6-4(2)7-3/h3-10H,1-2H3;3-8H,1-2H3;3-7H,1-2H3;3-8H2,1-2H3;7-8H,3-6H2,1-2H3;3,8H,4-6H2,1-2H3;3-6H,1-2H3;3-5H,1-2H3;2*3-4H,1-2H3;2*5-6H,3-4H2,1-2H3;3-4H,1-2H3;5-6H,3-4H2,1-2H3;6H,2-5H2,1H3;1-2H3. The van der Waals surface area contributed by atoms with Gasteiger partial charge in [-0.2, -0.15) is 10.2 Å². The SMILES string of the molecule is CC12CCC(C)(CC1)CC2.CC1=CCC(C)CC1.CC1CC(C)C1.CC1CCC(C)CC1.CC1COC(C)OC1.CC1CSC(C)SC1.CN1CCNCC1.Cc1ccc(C)cc1.Cc1ccc(C)nc1.Cc1ccc(C)nn1.Cc1ccc(C)s1.Cc1ccc2c(ccc3cc(C)ccc32)c1.Cc1ccc2cc(C)ccc2c1.Cc1ccc2nc(C)ccc2c1.Cc1cnc(C)nc1.Cc1nnc(C)s1. The fourth-order valence-corrected chi connectivity index (χ4v) is 20.6. The zero-order valence-electron chi connectivity index (χ0n) is 93.0. The number of hydrogen-bond acceptors (Lipinski definition) is 16. The van der Waals surface area contributed by atoms with Crippen LogP contribution in [0.4, 0.5) is 0 Å². The summed E-state index contributed by atoms with van der Waals surface area (Å²) in [6, 6.07) is 62.0. The zero-order chi connectivity index (χ0) is 104. The van der Waals surface area contributed by atoms with Crippen molar-refractivity contribution in [3.63, 3.8) is 0 Å². The molecule has 9 aliphatic rings. The lowest BCUT2D eigenvalue weighted by Gasteiger charge is -2.50. The Kier molecular flexibility index (Phi) is 56.0. The quantitative estimate of drug-likeness (QED) is 0.114. The van der Waals surface area contributed by atoms with Gasteiger partial charge in [-0.3, -0.25) is 9.97 Å². The number of fused-ring (bicyclic) bond motifs is 8.